The lowest BCUT2D eigenvalue weighted by atomic mass is 10.3. The van der Waals surface area contributed by atoms with E-state index in [0.29, 0.717) is 0 Å². The maximum absolute atomic E-state index is 10.6. The fourth-order valence-corrected chi connectivity index (χ4v) is 2.66. The minimum atomic E-state index is -0.858. The molecule has 0 radical (unpaired) electrons. The fourth-order valence-electron chi connectivity index (χ4n) is 0.911. The number of carboxylic acids is 1. The molecule has 6 heteroatoms. The summed E-state index contributed by atoms with van der Waals surface area (Å²) in [7, 11) is 1.38. The van der Waals surface area contributed by atoms with Crippen molar-refractivity contribution in [3.05, 3.63) is 0 Å². The first-order valence-corrected chi connectivity index (χ1v) is 6.49. The van der Waals surface area contributed by atoms with Crippen molar-refractivity contribution in [1.29, 1.82) is 0 Å². The van der Waals surface area contributed by atoms with Crippen LogP contribution in [-0.4, -0.2) is 28.8 Å². The Bertz CT molecular complexity index is 168. The van der Waals surface area contributed by atoms with Gasteiger partial charge in [-0.15, -0.1) is 0 Å². The zero-order chi connectivity index (χ0) is 8.43. The molecule has 11 heavy (non-hydrogen) atoms. The Morgan fingerprint density at radius 1 is 1.82 bits per heavy atom. The van der Waals surface area contributed by atoms with Crippen molar-refractivity contribution in [2.24, 2.45) is 0 Å². The Morgan fingerprint density at radius 3 is 2.82 bits per heavy atom. The van der Waals surface area contributed by atoms with Crippen LogP contribution in [0.25, 0.3) is 0 Å². The third kappa shape index (κ3) is 2.20. The van der Waals surface area contributed by atoms with Gasteiger partial charge in [0.25, 0.3) is 0 Å². The molecule has 1 heterocycles. The number of carboxylic acid groups (broad SMARTS) is 1. The van der Waals surface area contributed by atoms with Gasteiger partial charge in [-0.3, -0.25) is 10.1 Å². The van der Waals surface area contributed by atoms with Gasteiger partial charge in [0.1, 0.15) is 17.7 Å². The Morgan fingerprint density at radius 2 is 2.45 bits per heavy atom. The molecule has 0 saturated carbocycles. The SMILES string of the molecule is CC1NC(C(=O)O)C(SI)O1. The maximum Gasteiger partial charge on any atom is 0.324 e. The second-order valence-electron chi connectivity index (χ2n) is 2.22. The largest absolute Gasteiger partial charge is 0.480 e. The molecule has 0 aromatic rings. The topological polar surface area (TPSA) is 58.6 Å². The van der Waals surface area contributed by atoms with Crippen LogP contribution in [-0.2, 0) is 9.53 Å². The Hall–Kier alpha value is 0.470. The fraction of sp³-hybridized carbons (Fsp3) is 0.800. The standard InChI is InChI=1S/C5H8INO3S/c1-2-7-3(4(8)9)5(10-2)11-6/h2-3,5,7H,1H3,(H,8,9). The van der Waals surface area contributed by atoms with E-state index in [9.17, 15) is 4.79 Å². The molecule has 2 N–H and O–H groups in total. The van der Waals surface area contributed by atoms with Crippen molar-refractivity contribution in [2.45, 2.75) is 24.6 Å². The summed E-state index contributed by atoms with van der Waals surface area (Å²) in [6, 6.07) is -0.577. The molecule has 1 rings (SSSR count). The molecule has 0 aromatic heterocycles. The van der Waals surface area contributed by atoms with E-state index in [0.717, 1.165) is 0 Å². The molecule has 4 nitrogen and oxygen atoms in total. The molecule has 0 amide bonds. The maximum atomic E-state index is 10.6. The predicted molar refractivity (Wildman–Crippen MR) is 50.5 cm³/mol. The molecule has 1 fully saturated rings. The van der Waals surface area contributed by atoms with Crippen LogP contribution in [0, 0.1) is 0 Å². The van der Waals surface area contributed by atoms with Gasteiger partial charge < -0.3 is 9.84 Å². The predicted octanol–water partition coefficient (Wildman–Crippen LogP) is 0.815. The van der Waals surface area contributed by atoms with E-state index < -0.39 is 12.0 Å². The van der Waals surface area contributed by atoms with Crippen LogP contribution < -0.4 is 5.32 Å². The summed E-state index contributed by atoms with van der Waals surface area (Å²) in [6.45, 7) is 1.79. The summed E-state index contributed by atoms with van der Waals surface area (Å²) in [6.07, 6.45) is -0.164. The van der Waals surface area contributed by atoms with E-state index in [1.54, 1.807) is 6.92 Å². The Kier molecular flexibility index (Phi) is 3.41. The van der Waals surface area contributed by atoms with Gasteiger partial charge in [0.15, 0.2) is 0 Å². The molecule has 1 aliphatic heterocycles. The summed E-state index contributed by atoms with van der Waals surface area (Å²) in [5.74, 6) is -0.858. The number of ether oxygens (including phenoxy) is 1. The molecule has 0 aromatic carbocycles. The van der Waals surface area contributed by atoms with E-state index in [2.05, 4.69) is 5.32 Å². The highest BCUT2D eigenvalue weighted by Crippen LogP contribution is 2.28. The summed E-state index contributed by atoms with van der Waals surface area (Å²) >= 11 is 2.04. The zero-order valence-corrected chi connectivity index (χ0v) is 8.76. The average Bonchev–Trinajstić information content (AvgIpc) is 2.30. The van der Waals surface area contributed by atoms with Crippen LogP contribution in [0.1, 0.15) is 6.92 Å². The molecule has 0 bridgehead atoms. The van der Waals surface area contributed by atoms with Crippen molar-refractivity contribution in [2.75, 3.05) is 0 Å². The van der Waals surface area contributed by atoms with Crippen LogP contribution in [0.15, 0.2) is 0 Å². The van der Waals surface area contributed by atoms with Crippen LogP contribution in [0.3, 0.4) is 0 Å². The van der Waals surface area contributed by atoms with E-state index in [1.807, 2.05) is 21.2 Å². The molecule has 1 saturated heterocycles. The molecular weight excluding hydrogens is 281 g/mol. The van der Waals surface area contributed by atoms with E-state index in [1.165, 1.54) is 8.93 Å². The van der Waals surface area contributed by atoms with E-state index >= 15 is 0 Å². The van der Waals surface area contributed by atoms with Gasteiger partial charge in [-0.2, -0.15) is 0 Å². The molecule has 64 valence electrons. The van der Waals surface area contributed by atoms with Crippen LogP contribution in [0.2, 0.25) is 0 Å². The second kappa shape index (κ2) is 3.92. The monoisotopic (exact) mass is 289 g/mol. The van der Waals surface area contributed by atoms with E-state index in [-0.39, 0.29) is 11.7 Å². The van der Waals surface area contributed by atoms with Crippen LogP contribution >= 0.6 is 30.1 Å². The first-order chi connectivity index (χ1) is 5.15. The number of nitrogens with one attached hydrogen (secondary N) is 1. The third-order valence-corrected chi connectivity index (χ3v) is 3.44. The molecular formula is C5H8INO3S. The van der Waals surface area contributed by atoms with Crippen molar-refractivity contribution < 1.29 is 14.6 Å². The quantitative estimate of drug-likeness (QED) is 0.737. The molecule has 3 atom stereocenters. The van der Waals surface area contributed by atoms with Crippen molar-refractivity contribution in [3.8, 4) is 0 Å². The first-order valence-electron chi connectivity index (χ1n) is 3.07. The Labute approximate surface area is 80.6 Å². The molecule has 0 aliphatic carbocycles. The highest BCUT2D eigenvalue weighted by molar-refractivity contribution is 14.2. The molecule has 1 aliphatic rings. The zero-order valence-electron chi connectivity index (χ0n) is 5.78. The minimum Gasteiger partial charge on any atom is -0.480 e. The van der Waals surface area contributed by atoms with Gasteiger partial charge in [-0.1, -0.05) is 8.93 Å². The number of carbonyl (C=O) groups is 1. The first kappa shape index (κ1) is 9.56. The van der Waals surface area contributed by atoms with Crippen molar-refractivity contribution >= 4 is 36.1 Å². The number of hydrogen-bond acceptors (Lipinski definition) is 4. The summed E-state index contributed by atoms with van der Waals surface area (Å²) in [5.41, 5.74) is -0.275. The van der Waals surface area contributed by atoms with Crippen LogP contribution in [0.5, 0.6) is 0 Å². The number of rotatable bonds is 2. The summed E-state index contributed by atoms with van der Waals surface area (Å²) in [5, 5.41) is 11.5. The van der Waals surface area contributed by atoms with Gasteiger partial charge in [-0.05, 0) is 28.1 Å². The normalized spacial score (nSPS) is 37.5. The lowest BCUT2D eigenvalue weighted by Gasteiger charge is -2.08. The molecule has 0 spiro atoms. The number of hydrogen-bond donors (Lipinski definition) is 2. The lowest BCUT2D eigenvalue weighted by Crippen LogP contribution is -2.38. The van der Waals surface area contributed by atoms with Gasteiger partial charge in [-0.25, -0.2) is 0 Å². The van der Waals surface area contributed by atoms with Gasteiger partial charge in [0.05, 0.1) is 0 Å². The highest BCUT2D eigenvalue weighted by atomic mass is 127. The van der Waals surface area contributed by atoms with Crippen LogP contribution in [0.4, 0.5) is 0 Å². The smallest absolute Gasteiger partial charge is 0.324 e. The average molecular weight is 289 g/mol. The van der Waals surface area contributed by atoms with E-state index in [4.69, 9.17) is 9.84 Å². The minimum absolute atomic E-state index is 0.164. The summed E-state index contributed by atoms with van der Waals surface area (Å²) < 4.78 is 5.25. The number of halogens is 1. The second-order valence-corrected chi connectivity index (χ2v) is 4.39. The third-order valence-electron chi connectivity index (χ3n) is 1.38. The van der Waals surface area contributed by atoms with Crippen molar-refractivity contribution in [3.63, 3.8) is 0 Å². The highest BCUT2D eigenvalue weighted by Gasteiger charge is 2.37. The Balaban J connectivity index is 2.57. The summed E-state index contributed by atoms with van der Waals surface area (Å²) in [4.78, 5) is 10.6. The lowest BCUT2D eigenvalue weighted by molar-refractivity contribution is -0.139. The van der Waals surface area contributed by atoms with Gasteiger partial charge in [0, 0.05) is 0 Å². The molecule has 3 unspecified atom stereocenters. The van der Waals surface area contributed by atoms with Gasteiger partial charge in [0.2, 0.25) is 0 Å². The van der Waals surface area contributed by atoms with Crippen molar-refractivity contribution in [1.82, 2.24) is 5.32 Å². The number of aliphatic carboxylic acids is 1. The van der Waals surface area contributed by atoms with Gasteiger partial charge >= 0.3 is 5.97 Å².